The number of aliphatic hydroxyl groups is 1. The normalized spacial score (nSPS) is 17.4. The molecule has 1 unspecified atom stereocenters. The lowest BCUT2D eigenvalue weighted by Gasteiger charge is -2.25. The molecule has 1 amide bonds. The summed E-state index contributed by atoms with van der Waals surface area (Å²) < 4.78 is 5.17. The minimum Gasteiger partial charge on any atom is -0.507 e. The van der Waals surface area contributed by atoms with Gasteiger partial charge in [-0.3, -0.25) is 24.6 Å². The van der Waals surface area contributed by atoms with Crippen LogP contribution in [-0.4, -0.2) is 28.8 Å². The Morgan fingerprint density at radius 3 is 2.16 bits per heavy atom. The van der Waals surface area contributed by atoms with Gasteiger partial charge in [0.05, 0.1) is 23.6 Å². The van der Waals surface area contributed by atoms with Crippen LogP contribution in [0.5, 0.6) is 5.75 Å². The number of hydrogen-bond acceptors (Lipinski definition) is 6. The van der Waals surface area contributed by atoms with E-state index in [2.05, 4.69) is 0 Å². The van der Waals surface area contributed by atoms with E-state index in [0.717, 1.165) is 0 Å². The third-order valence-electron chi connectivity index (χ3n) is 5.26. The van der Waals surface area contributed by atoms with Crippen LogP contribution < -0.4 is 9.64 Å². The Kier molecular flexibility index (Phi) is 5.43. The summed E-state index contributed by atoms with van der Waals surface area (Å²) in [6.45, 7) is 0. The van der Waals surface area contributed by atoms with Crippen LogP contribution in [0.25, 0.3) is 5.76 Å². The van der Waals surface area contributed by atoms with Crippen molar-refractivity contribution in [1.29, 1.82) is 0 Å². The molecule has 160 valence electrons. The smallest absolute Gasteiger partial charge is 0.300 e. The summed E-state index contributed by atoms with van der Waals surface area (Å²) in [6.07, 6.45) is 0. The number of benzene rings is 3. The van der Waals surface area contributed by atoms with Crippen LogP contribution in [0.15, 0.2) is 84.4 Å². The van der Waals surface area contributed by atoms with E-state index in [1.807, 2.05) is 0 Å². The van der Waals surface area contributed by atoms with Gasteiger partial charge < -0.3 is 9.84 Å². The number of carbonyl (C=O) groups is 2. The van der Waals surface area contributed by atoms with Gasteiger partial charge in [0.25, 0.3) is 17.4 Å². The van der Waals surface area contributed by atoms with Crippen molar-refractivity contribution in [2.24, 2.45) is 0 Å². The number of amides is 1. The van der Waals surface area contributed by atoms with Crippen molar-refractivity contribution in [3.8, 4) is 5.75 Å². The predicted octanol–water partition coefficient (Wildman–Crippen LogP) is 4.23. The zero-order valence-corrected chi connectivity index (χ0v) is 17.0. The summed E-state index contributed by atoms with van der Waals surface area (Å²) in [4.78, 5) is 37.8. The van der Waals surface area contributed by atoms with Crippen molar-refractivity contribution in [1.82, 2.24) is 0 Å². The lowest BCUT2D eigenvalue weighted by atomic mass is 9.95. The molecule has 1 aliphatic rings. The predicted molar refractivity (Wildman–Crippen MR) is 117 cm³/mol. The Bertz CT molecular complexity index is 1220. The van der Waals surface area contributed by atoms with Crippen LogP contribution >= 0.6 is 0 Å². The van der Waals surface area contributed by atoms with Crippen LogP contribution in [0.4, 0.5) is 11.4 Å². The lowest BCUT2D eigenvalue weighted by Crippen LogP contribution is -2.29. The molecule has 0 radical (unpaired) electrons. The highest BCUT2D eigenvalue weighted by Gasteiger charge is 2.46. The van der Waals surface area contributed by atoms with E-state index in [0.29, 0.717) is 17.0 Å². The molecule has 0 spiro atoms. The molecule has 1 fully saturated rings. The average molecular weight is 430 g/mol. The maximum atomic E-state index is 13.0. The van der Waals surface area contributed by atoms with Gasteiger partial charge in [0.1, 0.15) is 11.5 Å². The molecule has 1 N–H and O–H groups in total. The number of rotatable bonds is 5. The third-order valence-corrected chi connectivity index (χ3v) is 5.26. The summed E-state index contributed by atoms with van der Waals surface area (Å²) in [5.41, 5.74) is 1.05. The monoisotopic (exact) mass is 430 g/mol. The largest absolute Gasteiger partial charge is 0.507 e. The highest BCUT2D eigenvalue weighted by molar-refractivity contribution is 6.51. The fourth-order valence-corrected chi connectivity index (χ4v) is 3.69. The first-order chi connectivity index (χ1) is 15.4. The minimum absolute atomic E-state index is 0.0918. The Labute approximate surface area is 183 Å². The number of aliphatic hydroxyl groups excluding tert-OH is 1. The third kappa shape index (κ3) is 3.58. The molecule has 1 saturated heterocycles. The second-order valence-electron chi connectivity index (χ2n) is 7.08. The number of Topliss-reactive ketones (excluding diaryl/α,β-unsaturated/α-hetero) is 1. The van der Waals surface area contributed by atoms with Crippen LogP contribution in [0.3, 0.4) is 0 Å². The van der Waals surface area contributed by atoms with Gasteiger partial charge in [-0.15, -0.1) is 0 Å². The van der Waals surface area contributed by atoms with Crippen molar-refractivity contribution in [3.63, 3.8) is 0 Å². The maximum Gasteiger partial charge on any atom is 0.300 e. The molecule has 32 heavy (non-hydrogen) atoms. The summed E-state index contributed by atoms with van der Waals surface area (Å²) in [5.74, 6) is -1.44. The topological polar surface area (TPSA) is 110 Å². The van der Waals surface area contributed by atoms with E-state index in [-0.39, 0.29) is 16.8 Å². The second-order valence-corrected chi connectivity index (χ2v) is 7.08. The van der Waals surface area contributed by atoms with E-state index in [4.69, 9.17) is 4.74 Å². The number of anilines is 1. The molecule has 8 heteroatoms. The van der Waals surface area contributed by atoms with E-state index in [9.17, 15) is 24.8 Å². The van der Waals surface area contributed by atoms with Gasteiger partial charge in [-0.1, -0.05) is 30.3 Å². The van der Waals surface area contributed by atoms with Crippen LogP contribution in [-0.2, 0) is 9.59 Å². The van der Waals surface area contributed by atoms with Gasteiger partial charge in [-0.2, -0.15) is 0 Å². The first-order valence-electron chi connectivity index (χ1n) is 9.67. The second kappa shape index (κ2) is 8.35. The van der Waals surface area contributed by atoms with E-state index in [1.54, 1.807) is 54.6 Å². The standard InChI is InChI=1S/C24H18N2O6/c1-32-19-13-11-17(12-14-19)25-21(15-5-3-2-4-6-15)20(23(28)24(25)29)22(27)16-7-9-18(10-8-16)26(30)31/h2-14,21,27H,1H3/b22-20+. The van der Waals surface area contributed by atoms with E-state index >= 15 is 0 Å². The van der Waals surface area contributed by atoms with Gasteiger partial charge in [0, 0.05) is 23.4 Å². The lowest BCUT2D eigenvalue weighted by molar-refractivity contribution is -0.384. The Morgan fingerprint density at radius 1 is 0.969 bits per heavy atom. The molecule has 8 nitrogen and oxygen atoms in total. The molecule has 3 aromatic carbocycles. The molecule has 1 heterocycles. The number of non-ortho nitro benzene ring substituents is 1. The molecule has 0 bridgehead atoms. The van der Waals surface area contributed by atoms with Gasteiger partial charge in [0.15, 0.2) is 0 Å². The zero-order chi connectivity index (χ0) is 22.8. The number of methoxy groups -OCH3 is 1. The van der Waals surface area contributed by atoms with Crippen molar-refractivity contribution >= 4 is 28.8 Å². The van der Waals surface area contributed by atoms with Gasteiger partial charge >= 0.3 is 0 Å². The maximum absolute atomic E-state index is 13.0. The molecule has 3 aromatic rings. The molecular formula is C24H18N2O6. The highest BCUT2D eigenvalue weighted by atomic mass is 16.6. The molecule has 0 aromatic heterocycles. The molecule has 1 atom stereocenters. The van der Waals surface area contributed by atoms with Crippen molar-refractivity contribution in [2.75, 3.05) is 12.0 Å². The molecule has 4 rings (SSSR count). The Balaban J connectivity index is 1.88. The SMILES string of the molecule is COc1ccc(N2C(=O)C(=O)/C(=C(/O)c3ccc([N+](=O)[O-])cc3)C2c2ccccc2)cc1. The van der Waals surface area contributed by atoms with E-state index < -0.39 is 28.4 Å². The average Bonchev–Trinajstić information content (AvgIpc) is 3.09. The minimum atomic E-state index is -0.875. The number of nitrogens with zero attached hydrogens (tertiary/aromatic N) is 2. The molecule has 0 aliphatic carbocycles. The van der Waals surface area contributed by atoms with E-state index in [1.165, 1.54) is 36.3 Å². The van der Waals surface area contributed by atoms with Gasteiger partial charge in [-0.05, 0) is 42.0 Å². The molecular weight excluding hydrogens is 412 g/mol. The van der Waals surface area contributed by atoms with Crippen molar-refractivity contribution in [2.45, 2.75) is 6.04 Å². The van der Waals surface area contributed by atoms with Gasteiger partial charge in [-0.25, -0.2) is 0 Å². The summed E-state index contributed by atoms with van der Waals surface area (Å²) in [5, 5.41) is 21.9. The number of ether oxygens (including phenoxy) is 1. The van der Waals surface area contributed by atoms with Gasteiger partial charge in [0.2, 0.25) is 0 Å². The highest BCUT2D eigenvalue weighted by Crippen LogP contribution is 2.42. The first-order valence-corrected chi connectivity index (χ1v) is 9.67. The fourth-order valence-electron chi connectivity index (χ4n) is 3.69. The quantitative estimate of drug-likeness (QED) is 0.213. The molecule has 0 saturated carbocycles. The zero-order valence-electron chi connectivity index (χ0n) is 17.0. The van der Waals surface area contributed by atoms with Crippen LogP contribution in [0.2, 0.25) is 0 Å². The van der Waals surface area contributed by atoms with Crippen LogP contribution in [0.1, 0.15) is 17.2 Å². The molecule has 1 aliphatic heterocycles. The summed E-state index contributed by atoms with van der Waals surface area (Å²) in [7, 11) is 1.52. The summed E-state index contributed by atoms with van der Waals surface area (Å²) in [6, 6.07) is 19.8. The van der Waals surface area contributed by atoms with Crippen molar-refractivity contribution in [3.05, 3.63) is 106 Å². The Morgan fingerprint density at radius 2 is 1.59 bits per heavy atom. The number of ketones is 1. The number of carbonyl (C=O) groups excluding carboxylic acids is 2. The van der Waals surface area contributed by atoms with Crippen LogP contribution in [0, 0.1) is 10.1 Å². The fraction of sp³-hybridized carbons (Fsp3) is 0.0833. The number of hydrogen-bond donors (Lipinski definition) is 1. The number of nitro groups is 1. The Hall–Kier alpha value is -4.46. The van der Waals surface area contributed by atoms with Crippen molar-refractivity contribution < 1.29 is 24.4 Å². The first kappa shape index (κ1) is 20.8. The number of nitro benzene ring substituents is 1. The summed E-state index contributed by atoms with van der Waals surface area (Å²) >= 11 is 0.